The molecule has 0 aliphatic carbocycles. The minimum atomic E-state index is -4.54. The molecule has 0 radical (unpaired) electrons. The summed E-state index contributed by atoms with van der Waals surface area (Å²) in [5.74, 6) is 4.54. The van der Waals surface area contributed by atoms with Gasteiger partial charge in [0.25, 0.3) is 0 Å². The van der Waals surface area contributed by atoms with E-state index in [2.05, 4.69) is 10.3 Å². The van der Waals surface area contributed by atoms with Crippen LogP contribution in [0.4, 0.5) is 24.8 Å². The first-order valence-electron chi connectivity index (χ1n) is 5.42. The van der Waals surface area contributed by atoms with Gasteiger partial charge in [0.1, 0.15) is 11.6 Å². The highest BCUT2D eigenvalue weighted by Crippen LogP contribution is 2.31. The van der Waals surface area contributed by atoms with E-state index in [-0.39, 0.29) is 30.4 Å². The lowest BCUT2D eigenvalue weighted by atomic mass is 10.2. The molecule has 0 amide bonds. The van der Waals surface area contributed by atoms with Crippen molar-refractivity contribution in [1.29, 1.82) is 0 Å². The van der Waals surface area contributed by atoms with E-state index < -0.39 is 21.8 Å². The summed E-state index contributed by atoms with van der Waals surface area (Å²) in [5, 5.41) is 7.37. The highest BCUT2D eigenvalue weighted by Gasteiger charge is 2.31. The van der Waals surface area contributed by atoms with Crippen molar-refractivity contribution >= 4 is 21.7 Å². The first kappa shape index (κ1) is 16.5. The van der Waals surface area contributed by atoms with Gasteiger partial charge in [-0.2, -0.15) is 13.2 Å². The molecule has 0 aliphatic rings. The van der Waals surface area contributed by atoms with Gasteiger partial charge < -0.3 is 10.7 Å². The zero-order chi connectivity index (χ0) is 15.4. The number of anilines is 2. The fourth-order valence-corrected chi connectivity index (χ4v) is 1.90. The molecule has 7 nitrogen and oxygen atoms in total. The van der Waals surface area contributed by atoms with Crippen LogP contribution < -0.4 is 21.7 Å². The van der Waals surface area contributed by atoms with Gasteiger partial charge in [-0.25, -0.2) is 24.4 Å². The molecule has 0 aliphatic heterocycles. The number of sulfonamides is 1. The first-order valence-corrected chi connectivity index (χ1v) is 7.13. The molecular formula is C9H14F3N5O2S. The number of pyridine rings is 1. The Bertz CT molecular complexity index is 561. The average Bonchev–Trinajstić information content (AvgIpc) is 2.32. The normalized spacial score (nSPS) is 12.2. The molecule has 1 aromatic rings. The number of halogens is 3. The lowest BCUT2D eigenvalue weighted by molar-refractivity contribution is -0.137. The van der Waals surface area contributed by atoms with Gasteiger partial charge in [-0.05, 0) is 18.6 Å². The molecule has 1 rings (SSSR count). The maximum absolute atomic E-state index is 12.6. The number of hydrogen-bond donors (Lipinski definition) is 4. The standard InChI is InChI=1S/C9H14F3N5O2S/c10-9(11,12)6-4-7(16-8(5-6)17-13)15-2-1-3-20(14,18)19/h4-5H,1-3,13H2,(H2,14,18,19)(H2,15,16,17). The summed E-state index contributed by atoms with van der Waals surface area (Å²) in [6.07, 6.45) is -4.40. The predicted octanol–water partition coefficient (Wildman–Crippen LogP) is 0.477. The van der Waals surface area contributed by atoms with Crippen LogP contribution in [0.2, 0.25) is 0 Å². The third kappa shape index (κ3) is 5.59. The van der Waals surface area contributed by atoms with E-state index in [0.29, 0.717) is 0 Å². The predicted molar refractivity (Wildman–Crippen MR) is 68.1 cm³/mol. The van der Waals surface area contributed by atoms with Crippen molar-refractivity contribution in [2.45, 2.75) is 12.6 Å². The van der Waals surface area contributed by atoms with Gasteiger partial charge in [-0.3, -0.25) is 0 Å². The molecular weight excluding hydrogens is 299 g/mol. The molecule has 11 heteroatoms. The summed E-state index contributed by atoms with van der Waals surface area (Å²) in [6, 6.07) is 1.56. The highest BCUT2D eigenvalue weighted by atomic mass is 32.2. The van der Waals surface area contributed by atoms with Crippen LogP contribution in [0.25, 0.3) is 0 Å². The van der Waals surface area contributed by atoms with Crippen molar-refractivity contribution in [2.75, 3.05) is 23.0 Å². The molecule has 0 fully saturated rings. The van der Waals surface area contributed by atoms with Crippen LogP contribution in [0.15, 0.2) is 12.1 Å². The SMILES string of the molecule is NNc1cc(C(F)(F)F)cc(NCCCS(N)(=O)=O)n1. The molecule has 0 aromatic carbocycles. The highest BCUT2D eigenvalue weighted by molar-refractivity contribution is 7.89. The van der Waals surface area contributed by atoms with Crippen LogP contribution in [-0.4, -0.2) is 25.7 Å². The van der Waals surface area contributed by atoms with Gasteiger partial charge in [0.15, 0.2) is 0 Å². The van der Waals surface area contributed by atoms with E-state index in [4.69, 9.17) is 11.0 Å². The van der Waals surface area contributed by atoms with Crippen molar-refractivity contribution in [3.63, 3.8) is 0 Å². The molecule has 0 unspecified atom stereocenters. The number of hydrogen-bond acceptors (Lipinski definition) is 6. The number of nitrogens with zero attached hydrogens (tertiary/aromatic N) is 1. The minimum absolute atomic E-state index is 0.0674. The van der Waals surface area contributed by atoms with Crippen LogP contribution in [0.5, 0.6) is 0 Å². The maximum Gasteiger partial charge on any atom is 0.416 e. The van der Waals surface area contributed by atoms with Gasteiger partial charge in [0.05, 0.1) is 11.3 Å². The van der Waals surface area contributed by atoms with Gasteiger partial charge >= 0.3 is 6.18 Å². The topological polar surface area (TPSA) is 123 Å². The zero-order valence-electron chi connectivity index (χ0n) is 10.2. The Morgan fingerprint density at radius 2 is 1.85 bits per heavy atom. The van der Waals surface area contributed by atoms with Crippen molar-refractivity contribution in [3.8, 4) is 0 Å². The Kier molecular flexibility index (Phi) is 5.14. The van der Waals surface area contributed by atoms with Gasteiger partial charge in [-0.15, -0.1) is 0 Å². The Hall–Kier alpha value is -1.59. The minimum Gasteiger partial charge on any atom is -0.370 e. The zero-order valence-corrected chi connectivity index (χ0v) is 11.1. The number of aromatic nitrogens is 1. The second-order valence-electron chi connectivity index (χ2n) is 3.92. The van der Waals surface area contributed by atoms with Crippen molar-refractivity contribution in [3.05, 3.63) is 17.7 Å². The van der Waals surface area contributed by atoms with E-state index in [1.807, 2.05) is 5.43 Å². The first-order chi connectivity index (χ1) is 9.12. The van der Waals surface area contributed by atoms with Gasteiger partial charge in [-0.1, -0.05) is 0 Å². The summed E-state index contributed by atoms with van der Waals surface area (Å²) in [5.41, 5.74) is 1.11. The third-order valence-electron chi connectivity index (χ3n) is 2.21. The van der Waals surface area contributed by atoms with E-state index in [0.717, 1.165) is 12.1 Å². The quantitative estimate of drug-likeness (QED) is 0.344. The van der Waals surface area contributed by atoms with Gasteiger partial charge in [0, 0.05) is 6.54 Å². The Balaban J connectivity index is 2.75. The summed E-state index contributed by atoms with van der Waals surface area (Å²) in [4.78, 5) is 3.77. The van der Waals surface area contributed by atoms with Crippen molar-refractivity contribution < 1.29 is 21.6 Å². The summed E-state index contributed by atoms with van der Waals surface area (Å²) in [7, 11) is -3.60. The Morgan fingerprint density at radius 1 is 1.25 bits per heavy atom. The number of alkyl halides is 3. The molecule has 0 bridgehead atoms. The van der Waals surface area contributed by atoms with Crippen LogP contribution in [0, 0.1) is 0 Å². The van der Waals surface area contributed by atoms with E-state index in [1.54, 1.807) is 0 Å². The van der Waals surface area contributed by atoms with E-state index >= 15 is 0 Å². The number of hydrazine groups is 1. The second kappa shape index (κ2) is 6.24. The monoisotopic (exact) mass is 313 g/mol. The largest absolute Gasteiger partial charge is 0.416 e. The Morgan fingerprint density at radius 3 is 2.35 bits per heavy atom. The molecule has 114 valence electrons. The number of primary sulfonamides is 1. The number of nitrogen functional groups attached to an aromatic ring is 1. The molecule has 1 heterocycles. The van der Waals surface area contributed by atoms with Crippen LogP contribution in [0.3, 0.4) is 0 Å². The van der Waals surface area contributed by atoms with Crippen LogP contribution >= 0.6 is 0 Å². The number of rotatable bonds is 6. The van der Waals surface area contributed by atoms with Crippen molar-refractivity contribution in [2.24, 2.45) is 11.0 Å². The molecule has 0 saturated heterocycles. The summed E-state index contributed by atoms with van der Waals surface area (Å²) < 4.78 is 59.2. The van der Waals surface area contributed by atoms with Gasteiger partial charge in [0.2, 0.25) is 10.0 Å². The smallest absolute Gasteiger partial charge is 0.370 e. The fourth-order valence-electron chi connectivity index (χ4n) is 1.35. The molecule has 6 N–H and O–H groups in total. The lowest BCUT2D eigenvalue weighted by Gasteiger charge is -2.12. The third-order valence-corrected chi connectivity index (χ3v) is 3.07. The van der Waals surface area contributed by atoms with E-state index in [1.165, 1.54) is 0 Å². The number of nitrogens with two attached hydrogens (primary N) is 2. The molecule has 1 aromatic heterocycles. The average molecular weight is 313 g/mol. The van der Waals surface area contributed by atoms with Crippen LogP contribution in [-0.2, 0) is 16.2 Å². The Labute approximate surface area is 113 Å². The molecule has 20 heavy (non-hydrogen) atoms. The second-order valence-corrected chi connectivity index (χ2v) is 5.65. The number of nitrogens with one attached hydrogen (secondary N) is 2. The molecule has 0 saturated carbocycles. The fraction of sp³-hybridized carbons (Fsp3) is 0.444. The molecule has 0 atom stereocenters. The summed E-state index contributed by atoms with van der Waals surface area (Å²) >= 11 is 0. The maximum atomic E-state index is 12.6. The summed E-state index contributed by atoms with van der Waals surface area (Å²) in [6.45, 7) is 0.106. The lowest BCUT2D eigenvalue weighted by Crippen LogP contribution is -2.19. The molecule has 0 spiro atoms. The van der Waals surface area contributed by atoms with E-state index in [9.17, 15) is 21.6 Å². The van der Waals surface area contributed by atoms with Crippen molar-refractivity contribution in [1.82, 2.24) is 4.98 Å². The van der Waals surface area contributed by atoms with Crippen LogP contribution in [0.1, 0.15) is 12.0 Å².